The van der Waals surface area contributed by atoms with Gasteiger partial charge in [-0.05, 0) is 37.9 Å². The third-order valence-corrected chi connectivity index (χ3v) is 2.73. The molecular weight excluding hydrogens is 184 g/mol. The molecule has 0 bridgehead atoms. The molecule has 2 rings (SSSR count). The van der Waals surface area contributed by atoms with E-state index in [1.807, 2.05) is 0 Å². The quantitative estimate of drug-likeness (QED) is 0.729. The molecule has 1 nitrogen and oxygen atoms in total. The molecule has 1 aromatic carbocycles. The van der Waals surface area contributed by atoms with Crippen LogP contribution in [0.2, 0.25) is 0 Å². The maximum Gasteiger partial charge on any atom is 0.133 e. The van der Waals surface area contributed by atoms with Gasteiger partial charge in [0.05, 0.1) is 0 Å². The molecule has 0 amide bonds. The second-order valence-electron chi connectivity index (χ2n) is 3.74. The molecule has 0 spiro atoms. The van der Waals surface area contributed by atoms with E-state index in [1.165, 1.54) is 12.1 Å². The first-order valence-corrected chi connectivity index (χ1v) is 4.88. The SMILES string of the molecule is Cc1ccc(F)c([C@@H]2CCCN2)c1F. The fourth-order valence-corrected chi connectivity index (χ4v) is 1.93. The molecule has 0 aromatic heterocycles. The van der Waals surface area contributed by atoms with Crippen molar-refractivity contribution in [2.45, 2.75) is 25.8 Å². The molecule has 0 radical (unpaired) electrons. The second kappa shape index (κ2) is 3.65. The molecule has 3 heteroatoms. The van der Waals surface area contributed by atoms with E-state index in [0.717, 1.165) is 19.4 Å². The standard InChI is InChI=1S/C11H13F2N/c1-7-4-5-8(12)10(11(7)13)9-3-2-6-14-9/h4-5,9,14H,2-3,6H2,1H3/t9-/m0/s1. The van der Waals surface area contributed by atoms with E-state index in [-0.39, 0.29) is 11.6 Å². The summed E-state index contributed by atoms with van der Waals surface area (Å²) in [7, 11) is 0. The van der Waals surface area contributed by atoms with Gasteiger partial charge in [-0.1, -0.05) is 6.07 Å². The van der Waals surface area contributed by atoms with E-state index in [9.17, 15) is 8.78 Å². The normalized spacial score (nSPS) is 21.5. The van der Waals surface area contributed by atoms with Crippen molar-refractivity contribution in [1.82, 2.24) is 5.32 Å². The zero-order valence-corrected chi connectivity index (χ0v) is 8.11. The van der Waals surface area contributed by atoms with Gasteiger partial charge in [0.25, 0.3) is 0 Å². The van der Waals surface area contributed by atoms with Crippen LogP contribution in [0.1, 0.15) is 30.0 Å². The van der Waals surface area contributed by atoms with E-state index in [2.05, 4.69) is 5.32 Å². The summed E-state index contributed by atoms with van der Waals surface area (Å²) in [6, 6.07) is 2.67. The van der Waals surface area contributed by atoms with Gasteiger partial charge in [0.15, 0.2) is 0 Å². The maximum absolute atomic E-state index is 13.6. The van der Waals surface area contributed by atoms with Crippen LogP contribution in [0.5, 0.6) is 0 Å². The van der Waals surface area contributed by atoms with Crippen LogP contribution in [0.4, 0.5) is 8.78 Å². The average molecular weight is 197 g/mol. The highest BCUT2D eigenvalue weighted by Gasteiger charge is 2.23. The first kappa shape index (κ1) is 9.59. The summed E-state index contributed by atoms with van der Waals surface area (Å²) in [4.78, 5) is 0. The van der Waals surface area contributed by atoms with Crippen molar-refractivity contribution in [2.75, 3.05) is 6.54 Å². The number of rotatable bonds is 1. The van der Waals surface area contributed by atoms with Gasteiger partial charge in [0, 0.05) is 11.6 Å². The minimum Gasteiger partial charge on any atom is -0.310 e. The molecule has 1 atom stereocenters. The van der Waals surface area contributed by atoms with E-state index >= 15 is 0 Å². The molecular formula is C11H13F2N. The van der Waals surface area contributed by atoms with E-state index in [1.54, 1.807) is 6.92 Å². The Morgan fingerprint density at radius 3 is 2.79 bits per heavy atom. The Kier molecular flexibility index (Phi) is 2.50. The Hall–Kier alpha value is -0.960. The van der Waals surface area contributed by atoms with Crippen LogP contribution in [0.25, 0.3) is 0 Å². The van der Waals surface area contributed by atoms with Crippen molar-refractivity contribution in [2.24, 2.45) is 0 Å². The number of hydrogen-bond acceptors (Lipinski definition) is 1. The summed E-state index contributed by atoms with van der Waals surface area (Å²) in [6.07, 6.45) is 1.80. The molecule has 1 aliphatic heterocycles. The van der Waals surface area contributed by atoms with Crippen molar-refractivity contribution >= 4 is 0 Å². The van der Waals surface area contributed by atoms with Crippen LogP contribution < -0.4 is 5.32 Å². The van der Waals surface area contributed by atoms with Gasteiger partial charge < -0.3 is 5.32 Å². The lowest BCUT2D eigenvalue weighted by molar-refractivity contribution is 0.503. The van der Waals surface area contributed by atoms with E-state index in [0.29, 0.717) is 5.56 Å². The van der Waals surface area contributed by atoms with Gasteiger partial charge >= 0.3 is 0 Å². The lowest BCUT2D eigenvalue weighted by Gasteiger charge is -2.13. The van der Waals surface area contributed by atoms with Gasteiger partial charge in [-0.3, -0.25) is 0 Å². The van der Waals surface area contributed by atoms with Crippen molar-refractivity contribution in [3.05, 3.63) is 34.9 Å². The van der Waals surface area contributed by atoms with Gasteiger partial charge in [0.1, 0.15) is 11.6 Å². The zero-order chi connectivity index (χ0) is 10.1. The predicted molar refractivity (Wildman–Crippen MR) is 51.1 cm³/mol. The summed E-state index contributed by atoms with van der Waals surface area (Å²) in [6.45, 7) is 2.50. The fraction of sp³-hybridized carbons (Fsp3) is 0.455. The summed E-state index contributed by atoms with van der Waals surface area (Å²) >= 11 is 0. The number of benzene rings is 1. The Bertz CT molecular complexity index is 343. The fourth-order valence-electron chi connectivity index (χ4n) is 1.93. The Balaban J connectivity index is 2.44. The highest BCUT2D eigenvalue weighted by atomic mass is 19.1. The number of nitrogens with one attached hydrogen (secondary N) is 1. The van der Waals surface area contributed by atoms with Crippen LogP contribution >= 0.6 is 0 Å². The van der Waals surface area contributed by atoms with Crippen molar-refractivity contribution in [3.8, 4) is 0 Å². The first-order valence-electron chi connectivity index (χ1n) is 4.88. The highest BCUT2D eigenvalue weighted by molar-refractivity contribution is 5.29. The minimum atomic E-state index is -0.437. The Morgan fingerprint density at radius 2 is 2.14 bits per heavy atom. The molecule has 0 unspecified atom stereocenters. The molecule has 0 aliphatic carbocycles. The third-order valence-electron chi connectivity index (χ3n) is 2.73. The van der Waals surface area contributed by atoms with Gasteiger partial charge in [-0.25, -0.2) is 8.78 Å². The molecule has 1 N–H and O–H groups in total. The molecule has 1 aromatic rings. The van der Waals surface area contributed by atoms with Crippen molar-refractivity contribution in [1.29, 1.82) is 0 Å². The predicted octanol–water partition coefficient (Wildman–Crippen LogP) is 2.70. The molecule has 0 saturated carbocycles. The zero-order valence-electron chi connectivity index (χ0n) is 8.11. The van der Waals surface area contributed by atoms with Gasteiger partial charge in [-0.15, -0.1) is 0 Å². The van der Waals surface area contributed by atoms with E-state index in [4.69, 9.17) is 0 Å². The lowest BCUT2D eigenvalue weighted by Crippen LogP contribution is -2.16. The molecule has 1 fully saturated rings. The number of hydrogen-bond donors (Lipinski definition) is 1. The van der Waals surface area contributed by atoms with E-state index < -0.39 is 11.6 Å². The second-order valence-corrected chi connectivity index (χ2v) is 3.74. The monoisotopic (exact) mass is 197 g/mol. The summed E-state index contributed by atoms with van der Waals surface area (Å²) in [5.74, 6) is -0.836. The molecule has 1 aliphatic rings. The number of aryl methyl sites for hydroxylation is 1. The molecule has 1 heterocycles. The molecule has 1 saturated heterocycles. The number of halogens is 2. The van der Waals surface area contributed by atoms with Crippen LogP contribution in [0, 0.1) is 18.6 Å². The van der Waals surface area contributed by atoms with Crippen LogP contribution in [-0.2, 0) is 0 Å². The topological polar surface area (TPSA) is 12.0 Å². The smallest absolute Gasteiger partial charge is 0.133 e. The highest BCUT2D eigenvalue weighted by Crippen LogP contribution is 2.28. The van der Waals surface area contributed by atoms with Crippen molar-refractivity contribution < 1.29 is 8.78 Å². The summed E-state index contributed by atoms with van der Waals surface area (Å²) in [5.41, 5.74) is 0.720. The minimum absolute atomic E-state index is 0.144. The van der Waals surface area contributed by atoms with Crippen LogP contribution in [-0.4, -0.2) is 6.54 Å². The molecule has 76 valence electrons. The molecule has 14 heavy (non-hydrogen) atoms. The average Bonchev–Trinajstić information content (AvgIpc) is 2.65. The first-order chi connectivity index (χ1) is 6.70. The van der Waals surface area contributed by atoms with Crippen LogP contribution in [0.3, 0.4) is 0 Å². The van der Waals surface area contributed by atoms with Gasteiger partial charge in [0.2, 0.25) is 0 Å². The van der Waals surface area contributed by atoms with Crippen molar-refractivity contribution in [3.63, 3.8) is 0 Å². The Morgan fingerprint density at radius 1 is 1.36 bits per heavy atom. The van der Waals surface area contributed by atoms with Gasteiger partial charge in [-0.2, -0.15) is 0 Å². The third kappa shape index (κ3) is 1.52. The largest absolute Gasteiger partial charge is 0.310 e. The maximum atomic E-state index is 13.6. The Labute approximate surface area is 82.1 Å². The summed E-state index contributed by atoms with van der Waals surface area (Å²) in [5, 5.41) is 3.10. The lowest BCUT2D eigenvalue weighted by atomic mass is 10.0. The van der Waals surface area contributed by atoms with Crippen LogP contribution in [0.15, 0.2) is 12.1 Å². The summed E-state index contributed by atoms with van der Waals surface area (Å²) < 4.78 is 27.0.